The minimum atomic E-state index is -0.355. The summed E-state index contributed by atoms with van der Waals surface area (Å²) in [7, 11) is 0. The van der Waals surface area contributed by atoms with Gasteiger partial charge in [-0.05, 0) is 24.6 Å². The predicted octanol–water partition coefficient (Wildman–Crippen LogP) is 4.35. The smallest absolute Gasteiger partial charge is 0.271 e. The predicted molar refractivity (Wildman–Crippen MR) is 95.2 cm³/mol. The molecule has 0 aliphatic heterocycles. The van der Waals surface area contributed by atoms with E-state index in [2.05, 4.69) is 10.3 Å². The molecule has 1 heterocycles. The third-order valence-electron chi connectivity index (χ3n) is 3.59. The van der Waals surface area contributed by atoms with Crippen molar-refractivity contribution in [1.82, 2.24) is 10.3 Å². The van der Waals surface area contributed by atoms with Gasteiger partial charge in [-0.1, -0.05) is 36.4 Å². The van der Waals surface area contributed by atoms with Gasteiger partial charge < -0.3 is 10.1 Å². The molecule has 128 valence electrons. The number of nitrogens with zero attached hydrogens (tertiary/aromatic N) is 1. The summed E-state index contributed by atoms with van der Waals surface area (Å²) in [6.07, 6.45) is 0. The molecule has 0 saturated heterocycles. The number of hydrogen-bond acceptors (Lipinski definition) is 4. The summed E-state index contributed by atoms with van der Waals surface area (Å²) in [6, 6.07) is 15.5. The van der Waals surface area contributed by atoms with Crippen molar-refractivity contribution in [2.45, 2.75) is 19.6 Å². The minimum absolute atomic E-state index is 0.109. The molecule has 1 unspecified atom stereocenters. The van der Waals surface area contributed by atoms with Gasteiger partial charge in [0, 0.05) is 11.4 Å². The number of benzene rings is 2. The standard InChI is InChI=1S/C19H17FN2O2S/c1-13(14-6-3-2-4-7-14)21-19(23)17-12-25-18(22-17)11-24-16-9-5-8-15(20)10-16/h2-10,12-13H,11H2,1H3,(H,21,23). The molecule has 1 amide bonds. The number of ether oxygens (including phenoxy) is 1. The van der Waals surface area contributed by atoms with Crippen molar-refractivity contribution >= 4 is 17.2 Å². The van der Waals surface area contributed by atoms with E-state index in [-0.39, 0.29) is 24.4 Å². The van der Waals surface area contributed by atoms with E-state index in [0.29, 0.717) is 16.5 Å². The van der Waals surface area contributed by atoms with Gasteiger partial charge in [-0.3, -0.25) is 4.79 Å². The zero-order valence-electron chi connectivity index (χ0n) is 13.6. The zero-order valence-corrected chi connectivity index (χ0v) is 14.4. The second kappa shape index (κ2) is 7.90. The van der Waals surface area contributed by atoms with Crippen LogP contribution in [0, 0.1) is 5.82 Å². The molecule has 1 aromatic heterocycles. The van der Waals surface area contributed by atoms with Crippen LogP contribution in [-0.4, -0.2) is 10.9 Å². The topological polar surface area (TPSA) is 51.2 Å². The summed E-state index contributed by atoms with van der Waals surface area (Å²) >= 11 is 1.33. The number of nitrogens with one attached hydrogen (secondary N) is 1. The lowest BCUT2D eigenvalue weighted by Crippen LogP contribution is -2.26. The number of thiazole rings is 1. The first-order valence-corrected chi connectivity index (χ1v) is 8.68. The minimum Gasteiger partial charge on any atom is -0.486 e. The Morgan fingerprint density at radius 2 is 2.04 bits per heavy atom. The van der Waals surface area contributed by atoms with Crippen LogP contribution in [0.2, 0.25) is 0 Å². The molecule has 25 heavy (non-hydrogen) atoms. The summed E-state index contributed by atoms with van der Waals surface area (Å²) in [6.45, 7) is 2.11. The summed E-state index contributed by atoms with van der Waals surface area (Å²) in [5.74, 6) is -0.157. The van der Waals surface area contributed by atoms with Gasteiger partial charge in [0.05, 0.1) is 6.04 Å². The first-order chi connectivity index (χ1) is 12.1. The van der Waals surface area contributed by atoms with Gasteiger partial charge in [-0.15, -0.1) is 11.3 Å². The number of amides is 1. The molecule has 0 radical (unpaired) electrons. The van der Waals surface area contributed by atoms with Crippen molar-refractivity contribution in [2.24, 2.45) is 0 Å². The third-order valence-corrected chi connectivity index (χ3v) is 4.41. The maximum absolute atomic E-state index is 13.1. The normalized spacial score (nSPS) is 11.8. The van der Waals surface area contributed by atoms with Crippen LogP contribution in [0.5, 0.6) is 5.75 Å². The van der Waals surface area contributed by atoms with Crippen LogP contribution in [0.4, 0.5) is 4.39 Å². The van der Waals surface area contributed by atoms with Gasteiger partial charge in [0.2, 0.25) is 0 Å². The molecule has 0 aliphatic carbocycles. The summed E-state index contributed by atoms with van der Waals surface area (Å²) in [4.78, 5) is 16.6. The lowest BCUT2D eigenvalue weighted by Gasteiger charge is -2.13. The van der Waals surface area contributed by atoms with Crippen molar-refractivity contribution in [2.75, 3.05) is 0 Å². The molecular formula is C19H17FN2O2S. The Morgan fingerprint density at radius 3 is 2.80 bits per heavy atom. The average Bonchev–Trinajstić information content (AvgIpc) is 3.10. The lowest BCUT2D eigenvalue weighted by atomic mass is 10.1. The highest BCUT2D eigenvalue weighted by Crippen LogP contribution is 2.17. The number of carbonyl (C=O) groups is 1. The van der Waals surface area contributed by atoms with Crippen molar-refractivity contribution in [3.8, 4) is 5.75 Å². The molecule has 1 atom stereocenters. The van der Waals surface area contributed by atoms with Crippen molar-refractivity contribution in [3.63, 3.8) is 0 Å². The SMILES string of the molecule is CC(NC(=O)c1csc(COc2cccc(F)c2)n1)c1ccccc1. The van der Waals surface area contributed by atoms with E-state index >= 15 is 0 Å². The summed E-state index contributed by atoms with van der Waals surface area (Å²) < 4.78 is 18.6. The van der Waals surface area contributed by atoms with Crippen LogP contribution < -0.4 is 10.1 Å². The molecule has 4 nitrogen and oxygen atoms in total. The number of rotatable bonds is 6. The second-order valence-electron chi connectivity index (χ2n) is 5.48. The van der Waals surface area contributed by atoms with Crippen LogP contribution in [0.25, 0.3) is 0 Å². The van der Waals surface area contributed by atoms with Crippen molar-refractivity contribution < 1.29 is 13.9 Å². The molecule has 1 N–H and O–H groups in total. The molecule has 0 saturated carbocycles. The first-order valence-electron chi connectivity index (χ1n) is 7.80. The average molecular weight is 356 g/mol. The zero-order chi connectivity index (χ0) is 17.6. The monoisotopic (exact) mass is 356 g/mol. The maximum atomic E-state index is 13.1. The van der Waals surface area contributed by atoms with Crippen LogP contribution >= 0.6 is 11.3 Å². The van der Waals surface area contributed by atoms with E-state index in [9.17, 15) is 9.18 Å². The second-order valence-corrected chi connectivity index (χ2v) is 6.42. The van der Waals surface area contributed by atoms with E-state index in [1.807, 2.05) is 37.3 Å². The van der Waals surface area contributed by atoms with E-state index in [1.54, 1.807) is 17.5 Å². The van der Waals surface area contributed by atoms with Crippen LogP contribution in [0.3, 0.4) is 0 Å². The Bertz CT molecular complexity index is 851. The molecule has 0 aliphatic rings. The Balaban J connectivity index is 1.58. The Morgan fingerprint density at radius 1 is 1.24 bits per heavy atom. The van der Waals surface area contributed by atoms with Gasteiger partial charge in [0.1, 0.15) is 28.9 Å². The molecule has 0 spiro atoms. The number of halogens is 1. The Kier molecular flexibility index (Phi) is 5.40. The number of carbonyl (C=O) groups excluding carboxylic acids is 1. The maximum Gasteiger partial charge on any atom is 0.271 e. The molecule has 2 aromatic carbocycles. The molecule has 0 fully saturated rings. The molecule has 3 aromatic rings. The van der Waals surface area contributed by atoms with E-state index in [4.69, 9.17) is 4.74 Å². The van der Waals surface area contributed by atoms with Crippen molar-refractivity contribution in [3.05, 3.63) is 82.1 Å². The van der Waals surface area contributed by atoms with Gasteiger partial charge in [-0.2, -0.15) is 0 Å². The number of hydrogen-bond donors (Lipinski definition) is 1. The molecular weight excluding hydrogens is 339 g/mol. The Hall–Kier alpha value is -2.73. The fraction of sp³-hybridized carbons (Fsp3) is 0.158. The van der Waals surface area contributed by atoms with E-state index in [0.717, 1.165) is 5.56 Å². The highest BCUT2D eigenvalue weighted by molar-refractivity contribution is 7.09. The molecule has 6 heteroatoms. The van der Waals surface area contributed by atoms with E-state index in [1.165, 1.54) is 23.5 Å². The van der Waals surface area contributed by atoms with Gasteiger partial charge >= 0.3 is 0 Å². The van der Waals surface area contributed by atoms with Crippen LogP contribution in [0.1, 0.15) is 34.0 Å². The lowest BCUT2D eigenvalue weighted by molar-refractivity contribution is 0.0935. The fourth-order valence-corrected chi connectivity index (χ4v) is 2.96. The van der Waals surface area contributed by atoms with Gasteiger partial charge in [0.25, 0.3) is 5.91 Å². The fourth-order valence-electron chi connectivity index (χ4n) is 2.28. The molecule has 0 bridgehead atoms. The first kappa shape index (κ1) is 17.1. The van der Waals surface area contributed by atoms with Gasteiger partial charge in [-0.25, -0.2) is 9.37 Å². The highest BCUT2D eigenvalue weighted by atomic mass is 32.1. The quantitative estimate of drug-likeness (QED) is 0.714. The largest absolute Gasteiger partial charge is 0.486 e. The summed E-state index contributed by atoms with van der Waals surface area (Å²) in [5.41, 5.74) is 1.38. The van der Waals surface area contributed by atoms with Crippen LogP contribution in [0.15, 0.2) is 60.0 Å². The Labute approximate surface area is 149 Å². The summed E-state index contributed by atoms with van der Waals surface area (Å²) in [5, 5.41) is 5.27. The van der Waals surface area contributed by atoms with E-state index < -0.39 is 0 Å². The van der Waals surface area contributed by atoms with Gasteiger partial charge in [0.15, 0.2) is 0 Å². The molecule has 3 rings (SSSR count). The van der Waals surface area contributed by atoms with Crippen LogP contribution in [-0.2, 0) is 6.61 Å². The number of aromatic nitrogens is 1. The van der Waals surface area contributed by atoms with Crippen molar-refractivity contribution in [1.29, 1.82) is 0 Å². The highest BCUT2D eigenvalue weighted by Gasteiger charge is 2.14. The third kappa shape index (κ3) is 4.64.